The van der Waals surface area contributed by atoms with Crippen LogP contribution in [0, 0.1) is 12.8 Å². The zero-order chi connectivity index (χ0) is 13.8. The zero-order valence-electron chi connectivity index (χ0n) is 12.5. The van der Waals surface area contributed by atoms with Crippen molar-refractivity contribution in [2.24, 2.45) is 5.92 Å². The van der Waals surface area contributed by atoms with Crippen molar-refractivity contribution in [1.82, 2.24) is 9.97 Å². The summed E-state index contributed by atoms with van der Waals surface area (Å²) in [5.74, 6) is 2.52. The van der Waals surface area contributed by atoms with E-state index in [9.17, 15) is 0 Å². The van der Waals surface area contributed by atoms with Gasteiger partial charge in [0.05, 0.1) is 6.10 Å². The van der Waals surface area contributed by atoms with Crippen LogP contribution >= 0.6 is 0 Å². The van der Waals surface area contributed by atoms with Gasteiger partial charge in [0.15, 0.2) is 0 Å². The van der Waals surface area contributed by atoms with Crippen molar-refractivity contribution in [3.63, 3.8) is 0 Å². The van der Waals surface area contributed by atoms with Gasteiger partial charge in [-0.15, -0.1) is 0 Å². The first kappa shape index (κ1) is 14.3. The van der Waals surface area contributed by atoms with Gasteiger partial charge in [-0.3, -0.25) is 0 Å². The molecule has 1 atom stereocenters. The van der Waals surface area contributed by atoms with Crippen LogP contribution in [0.15, 0.2) is 6.07 Å². The van der Waals surface area contributed by atoms with Gasteiger partial charge in [0.25, 0.3) is 0 Å². The quantitative estimate of drug-likeness (QED) is 0.818. The molecule has 1 aliphatic rings. The van der Waals surface area contributed by atoms with Gasteiger partial charge in [-0.25, -0.2) is 9.97 Å². The van der Waals surface area contributed by atoms with Crippen molar-refractivity contribution in [3.8, 4) is 0 Å². The third-order valence-corrected chi connectivity index (χ3v) is 3.37. The van der Waals surface area contributed by atoms with E-state index in [1.54, 1.807) is 0 Å². The number of aromatic nitrogens is 2. The Hall–Kier alpha value is -1.16. The van der Waals surface area contributed by atoms with E-state index >= 15 is 0 Å². The molecule has 0 radical (unpaired) electrons. The van der Waals surface area contributed by atoms with Gasteiger partial charge in [0, 0.05) is 31.5 Å². The number of ether oxygens (including phenoxy) is 1. The molecule has 0 aromatic carbocycles. The van der Waals surface area contributed by atoms with E-state index in [0.717, 1.165) is 49.9 Å². The van der Waals surface area contributed by atoms with Crippen LogP contribution in [0.3, 0.4) is 0 Å². The smallest absolute Gasteiger partial charge is 0.132 e. The summed E-state index contributed by atoms with van der Waals surface area (Å²) in [4.78, 5) is 11.3. The van der Waals surface area contributed by atoms with Crippen molar-refractivity contribution in [1.29, 1.82) is 0 Å². The molecule has 0 amide bonds. The second-order valence-electron chi connectivity index (χ2n) is 5.70. The Labute approximate surface area is 116 Å². The highest BCUT2D eigenvalue weighted by atomic mass is 16.5. The maximum absolute atomic E-state index is 5.92. The third kappa shape index (κ3) is 3.90. The summed E-state index contributed by atoms with van der Waals surface area (Å²) >= 11 is 0. The molecule has 1 aromatic rings. The molecule has 1 aliphatic heterocycles. The molecule has 0 N–H and O–H groups in total. The molecular weight excluding hydrogens is 238 g/mol. The Bertz CT molecular complexity index is 420. The van der Waals surface area contributed by atoms with Crippen molar-refractivity contribution >= 4 is 5.82 Å². The first-order valence-electron chi connectivity index (χ1n) is 7.29. The van der Waals surface area contributed by atoms with Gasteiger partial charge >= 0.3 is 0 Å². The summed E-state index contributed by atoms with van der Waals surface area (Å²) < 4.78 is 5.92. The summed E-state index contributed by atoms with van der Waals surface area (Å²) in [5, 5.41) is 0. The molecule has 0 spiro atoms. The average Bonchev–Trinajstić information content (AvgIpc) is 2.84. The molecule has 1 fully saturated rings. The highest BCUT2D eigenvalue weighted by Gasteiger charge is 2.24. The fraction of sp³-hybridized carbons (Fsp3) is 0.733. The van der Waals surface area contributed by atoms with Crippen molar-refractivity contribution in [3.05, 3.63) is 17.6 Å². The highest BCUT2D eigenvalue weighted by molar-refractivity contribution is 5.41. The number of nitrogens with zero attached hydrogens (tertiary/aromatic N) is 3. The standard InChI is InChI=1S/C15H25N3O/c1-5-13-8-15(17-12(4)16-13)18-7-6-14(9-18)19-10-11(2)3/h8,11,14H,5-7,9-10H2,1-4H3. The molecule has 0 aliphatic carbocycles. The molecule has 0 bridgehead atoms. The fourth-order valence-electron chi connectivity index (χ4n) is 2.36. The lowest BCUT2D eigenvalue weighted by atomic mass is 10.2. The SMILES string of the molecule is CCc1cc(N2CCC(OCC(C)C)C2)nc(C)n1. The van der Waals surface area contributed by atoms with Crippen LogP contribution in [0.2, 0.25) is 0 Å². The minimum atomic E-state index is 0.350. The van der Waals surface area contributed by atoms with Crippen molar-refractivity contribution in [2.45, 2.75) is 46.6 Å². The molecule has 106 valence electrons. The zero-order valence-corrected chi connectivity index (χ0v) is 12.5. The summed E-state index contributed by atoms with van der Waals surface area (Å²) in [6.45, 7) is 11.3. The van der Waals surface area contributed by atoms with E-state index in [1.807, 2.05) is 6.92 Å². The van der Waals surface area contributed by atoms with E-state index < -0.39 is 0 Å². The predicted octanol–water partition coefficient (Wildman–Crippen LogP) is 2.60. The molecule has 4 heteroatoms. The first-order valence-corrected chi connectivity index (χ1v) is 7.29. The Morgan fingerprint density at radius 3 is 2.89 bits per heavy atom. The van der Waals surface area contributed by atoms with Gasteiger partial charge in [0.2, 0.25) is 0 Å². The number of anilines is 1. The normalized spacial score (nSPS) is 19.4. The van der Waals surface area contributed by atoms with Crippen LogP contribution in [-0.2, 0) is 11.2 Å². The number of rotatable bonds is 5. The Kier molecular flexibility index (Phi) is 4.75. The van der Waals surface area contributed by atoms with Crippen LogP contribution < -0.4 is 4.90 Å². The van der Waals surface area contributed by atoms with Crippen molar-refractivity contribution in [2.75, 3.05) is 24.6 Å². The van der Waals surface area contributed by atoms with E-state index in [4.69, 9.17) is 4.74 Å². The van der Waals surface area contributed by atoms with Gasteiger partial charge in [0.1, 0.15) is 11.6 Å². The lowest BCUT2D eigenvalue weighted by Gasteiger charge is -2.19. The van der Waals surface area contributed by atoms with Gasteiger partial charge in [-0.05, 0) is 25.7 Å². The minimum absolute atomic E-state index is 0.350. The van der Waals surface area contributed by atoms with Gasteiger partial charge < -0.3 is 9.64 Å². The Balaban J connectivity index is 1.98. The molecular formula is C15H25N3O. The fourth-order valence-corrected chi connectivity index (χ4v) is 2.36. The number of hydrogen-bond donors (Lipinski definition) is 0. The number of aryl methyl sites for hydroxylation is 2. The van der Waals surface area contributed by atoms with E-state index in [0.29, 0.717) is 12.0 Å². The monoisotopic (exact) mass is 263 g/mol. The second kappa shape index (κ2) is 6.33. The lowest BCUT2D eigenvalue weighted by molar-refractivity contribution is 0.0497. The van der Waals surface area contributed by atoms with Gasteiger partial charge in [-0.2, -0.15) is 0 Å². The first-order chi connectivity index (χ1) is 9.08. The summed E-state index contributed by atoms with van der Waals surface area (Å²) in [7, 11) is 0. The Morgan fingerprint density at radius 2 is 2.21 bits per heavy atom. The van der Waals surface area contributed by atoms with E-state index in [1.165, 1.54) is 0 Å². The summed E-state index contributed by atoms with van der Waals surface area (Å²) in [5.41, 5.74) is 1.12. The molecule has 1 aromatic heterocycles. The molecule has 2 rings (SSSR count). The molecule has 1 saturated heterocycles. The summed E-state index contributed by atoms with van der Waals surface area (Å²) in [6, 6.07) is 2.11. The molecule has 19 heavy (non-hydrogen) atoms. The van der Waals surface area contributed by atoms with Gasteiger partial charge in [-0.1, -0.05) is 20.8 Å². The predicted molar refractivity (Wildman–Crippen MR) is 77.6 cm³/mol. The molecule has 0 saturated carbocycles. The minimum Gasteiger partial charge on any atom is -0.376 e. The highest BCUT2D eigenvalue weighted by Crippen LogP contribution is 2.21. The number of hydrogen-bond acceptors (Lipinski definition) is 4. The molecule has 4 nitrogen and oxygen atoms in total. The molecule has 1 unspecified atom stereocenters. The molecule has 2 heterocycles. The van der Waals surface area contributed by atoms with Crippen LogP contribution in [0.5, 0.6) is 0 Å². The van der Waals surface area contributed by atoms with Crippen LogP contribution in [0.25, 0.3) is 0 Å². The largest absolute Gasteiger partial charge is 0.376 e. The van der Waals surface area contributed by atoms with Crippen LogP contribution in [0.1, 0.15) is 38.7 Å². The topological polar surface area (TPSA) is 38.2 Å². The second-order valence-corrected chi connectivity index (χ2v) is 5.70. The lowest BCUT2D eigenvalue weighted by Crippen LogP contribution is -2.25. The maximum atomic E-state index is 5.92. The average molecular weight is 263 g/mol. The van der Waals surface area contributed by atoms with E-state index in [-0.39, 0.29) is 0 Å². The van der Waals surface area contributed by atoms with Crippen LogP contribution in [0.4, 0.5) is 5.82 Å². The van der Waals surface area contributed by atoms with Crippen molar-refractivity contribution < 1.29 is 4.74 Å². The Morgan fingerprint density at radius 1 is 1.42 bits per heavy atom. The van der Waals surface area contributed by atoms with Crippen LogP contribution in [-0.4, -0.2) is 35.8 Å². The summed E-state index contributed by atoms with van der Waals surface area (Å²) in [6.07, 6.45) is 2.40. The third-order valence-electron chi connectivity index (χ3n) is 3.37. The van der Waals surface area contributed by atoms with E-state index in [2.05, 4.69) is 41.7 Å². The maximum Gasteiger partial charge on any atom is 0.132 e.